The van der Waals surface area contributed by atoms with Gasteiger partial charge in [-0.15, -0.1) is 0 Å². The fourth-order valence-corrected chi connectivity index (χ4v) is 2.11. The molecule has 3 rings (SSSR count). The van der Waals surface area contributed by atoms with Gasteiger partial charge in [-0.05, 0) is 42.8 Å². The van der Waals surface area contributed by atoms with Gasteiger partial charge in [-0.3, -0.25) is 4.98 Å². The summed E-state index contributed by atoms with van der Waals surface area (Å²) in [7, 11) is 0. The average Bonchev–Trinajstić information content (AvgIpc) is 2.79. The summed E-state index contributed by atoms with van der Waals surface area (Å²) in [6.07, 6.45) is 3.56. The number of aromatic amines is 2. The molecular formula is C14H14N4O. The lowest BCUT2D eigenvalue weighted by molar-refractivity contribution is 0.881. The van der Waals surface area contributed by atoms with Crippen LogP contribution in [-0.4, -0.2) is 15.0 Å². The van der Waals surface area contributed by atoms with Crippen molar-refractivity contribution in [1.82, 2.24) is 15.0 Å². The van der Waals surface area contributed by atoms with Gasteiger partial charge in [-0.1, -0.05) is 0 Å². The summed E-state index contributed by atoms with van der Waals surface area (Å²) < 4.78 is 0. The first-order valence-corrected chi connectivity index (χ1v) is 6.11. The number of fused-ring (bicyclic) bond motifs is 1. The molecule has 0 aliphatic heterocycles. The number of anilines is 1. The molecule has 2 aromatic heterocycles. The topological polar surface area (TPSA) is 73.6 Å². The maximum Gasteiger partial charge on any atom is 0.323 e. The highest BCUT2D eigenvalue weighted by Crippen LogP contribution is 2.20. The van der Waals surface area contributed by atoms with Crippen LogP contribution in [0.5, 0.6) is 0 Å². The third kappa shape index (κ3) is 2.35. The zero-order valence-electron chi connectivity index (χ0n) is 10.5. The molecule has 1 atom stereocenters. The number of aromatic nitrogens is 3. The Labute approximate surface area is 109 Å². The van der Waals surface area contributed by atoms with E-state index >= 15 is 0 Å². The minimum Gasteiger partial charge on any atom is -0.378 e. The molecule has 5 nitrogen and oxygen atoms in total. The number of hydrogen-bond donors (Lipinski definition) is 3. The minimum absolute atomic E-state index is 0.172. The van der Waals surface area contributed by atoms with Crippen molar-refractivity contribution in [2.24, 2.45) is 0 Å². The van der Waals surface area contributed by atoms with Crippen LogP contribution in [0.3, 0.4) is 0 Å². The van der Waals surface area contributed by atoms with Crippen LogP contribution >= 0.6 is 0 Å². The van der Waals surface area contributed by atoms with Gasteiger partial charge in [-0.25, -0.2) is 4.79 Å². The first-order valence-electron chi connectivity index (χ1n) is 6.11. The molecule has 3 aromatic rings. The van der Waals surface area contributed by atoms with Gasteiger partial charge < -0.3 is 15.3 Å². The summed E-state index contributed by atoms with van der Waals surface area (Å²) in [6.45, 7) is 2.08. The Morgan fingerprint density at radius 2 is 1.84 bits per heavy atom. The number of pyridine rings is 1. The molecule has 2 heterocycles. The van der Waals surface area contributed by atoms with Crippen LogP contribution in [-0.2, 0) is 0 Å². The summed E-state index contributed by atoms with van der Waals surface area (Å²) in [4.78, 5) is 20.7. The lowest BCUT2D eigenvalue weighted by Crippen LogP contribution is -2.06. The number of rotatable bonds is 3. The fraction of sp³-hybridized carbons (Fsp3) is 0.143. The quantitative estimate of drug-likeness (QED) is 0.672. The SMILES string of the molecule is CC(Nc1ccc2[nH]c(=O)[nH]c2c1)c1ccncc1. The molecule has 1 aromatic carbocycles. The monoisotopic (exact) mass is 254 g/mol. The van der Waals surface area contributed by atoms with E-state index in [1.54, 1.807) is 12.4 Å². The number of benzene rings is 1. The van der Waals surface area contributed by atoms with Crippen molar-refractivity contribution in [3.05, 3.63) is 58.8 Å². The molecule has 0 saturated heterocycles. The van der Waals surface area contributed by atoms with Crippen molar-refractivity contribution < 1.29 is 0 Å². The van der Waals surface area contributed by atoms with E-state index in [2.05, 4.69) is 27.2 Å². The number of nitrogens with zero attached hydrogens (tertiary/aromatic N) is 1. The third-order valence-corrected chi connectivity index (χ3v) is 3.11. The van der Waals surface area contributed by atoms with Crippen LogP contribution in [0.15, 0.2) is 47.5 Å². The van der Waals surface area contributed by atoms with Gasteiger partial charge in [0.2, 0.25) is 0 Å². The van der Waals surface area contributed by atoms with Crippen LogP contribution in [0.25, 0.3) is 11.0 Å². The fourth-order valence-electron chi connectivity index (χ4n) is 2.11. The van der Waals surface area contributed by atoms with Crippen LogP contribution < -0.4 is 11.0 Å². The highest BCUT2D eigenvalue weighted by atomic mass is 16.1. The standard InChI is InChI=1S/C14H14N4O/c1-9(10-4-6-15-7-5-10)16-11-2-3-12-13(8-11)18-14(19)17-12/h2-9,16H,1H3,(H2,17,18,19). The molecule has 0 radical (unpaired) electrons. The Hall–Kier alpha value is -2.56. The zero-order valence-corrected chi connectivity index (χ0v) is 10.5. The summed E-state index contributed by atoms with van der Waals surface area (Å²) in [5.74, 6) is 0. The van der Waals surface area contributed by atoms with Crippen LogP contribution in [0.4, 0.5) is 5.69 Å². The molecule has 0 spiro atoms. The Balaban J connectivity index is 1.87. The first kappa shape index (κ1) is 11.5. The van der Waals surface area contributed by atoms with Crippen LogP contribution in [0.2, 0.25) is 0 Å². The molecule has 96 valence electrons. The van der Waals surface area contributed by atoms with E-state index in [1.807, 2.05) is 30.3 Å². The van der Waals surface area contributed by atoms with Crippen molar-refractivity contribution in [2.45, 2.75) is 13.0 Å². The summed E-state index contributed by atoms with van der Waals surface area (Å²) in [5.41, 5.74) is 3.56. The van der Waals surface area contributed by atoms with Gasteiger partial charge in [-0.2, -0.15) is 0 Å². The normalized spacial score (nSPS) is 12.5. The van der Waals surface area contributed by atoms with E-state index in [4.69, 9.17) is 0 Å². The number of hydrogen-bond acceptors (Lipinski definition) is 3. The molecule has 0 saturated carbocycles. The van der Waals surface area contributed by atoms with Gasteiger partial charge >= 0.3 is 5.69 Å². The molecule has 1 unspecified atom stereocenters. The summed E-state index contributed by atoms with van der Waals surface area (Å²) in [6, 6.07) is 9.89. The maximum absolute atomic E-state index is 11.2. The second-order valence-corrected chi connectivity index (χ2v) is 4.49. The van der Waals surface area contributed by atoms with Crippen LogP contribution in [0.1, 0.15) is 18.5 Å². The third-order valence-electron chi connectivity index (χ3n) is 3.11. The molecule has 3 N–H and O–H groups in total. The van der Waals surface area contributed by atoms with Gasteiger partial charge in [0.05, 0.1) is 11.0 Å². The summed E-state index contributed by atoms with van der Waals surface area (Å²) >= 11 is 0. The van der Waals surface area contributed by atoms with Crippen molar-refractivity contribution in [1.29, 1.82) is 0 Å². The zero-order chi connectivity index (χ0) is 13.2. The molecule has 19 heavy (non-hydrogen) atoms. The van der Waals surface area contributed by atoms with E-state index in [0.717, 1.165) is 22.3 Å². The molecule has 5 heteroatoms. The number of H-pyrrole nitrogens is 2. The van der Waals surface area contributed by atoms with E-state index in [9.17, 15) is 4.79 Å². The average molecular weight is 254 g/mol. The maximum atomic E-state index is 11.2. The van der Waals surface area contributed by atoms with E-state index in [-0.39, 0.29) is 11.7 Å². The van der Waals surface area contributed by atoms with Gasteiger partial charge in [0.1, 0.15) is 0 Å². The Bertz CT molecular complexity index is 745. The number of nitrogens with one attached hydrogen (secondary N) is 3. The Morgan fingerprint density at radius 1 is 1.11 bits per heavy atom. The van der Waals surface area contributed by atoms with Crippen LogP contribution in [0, 0.1) is 0 Å². The predicted octanol–water partition coefficient (Wildman–Crippen LogP) is 2.42. The van der Waals surface area contributed by atoms with Gasteiger partial charge in [0.15, 0.2) is 0 Å². The Morgan fingerprint density at radius 3 is 2.63 bits per heavy atom. The predicted molar refractivity (Wildman–Crippen MR) is 75.2 cm³/mol. The molecule has 0 bridgehead atoms. The second-order valence-electron chi connectivity index (χ2n) is 4.49. The Kier molecular flexibility index (Phi) is 2.79. The first-order chi connectivity index (χ1) is 9.22. The molecule has 0 amide bonds. The van der Waals surface area contributed by atoms with E-state index in [0.29, 0.717) is 0 Å². The van der Waals surface area contributed by atoms with Crippen molar-refractivity contribution in [3.8, 4) is 0 Å². The van der Waals surface area contributed by atoms with Crippen molar-refractivity contribution >= 4 is 16.7 Å². The largest absolute Gasteiger partial charge is 0.378 e. The lowest BCUT2D eigenvalue weighted by Gasteiger charge is -2.15. The highest BCUT2D eigenvalue weighted by Gasteiger charge is 2.06. The second kappa shape index (κ2) is 4.61. The number of imidazole rings is 1. The van der Waals surface area contributed by atoms with E-state index < -0.39 is 0 Å². The molecular weight excluding hydrogens is 240 g/mol. The van der Waals surface area contributed by atoms with Gasteiger partial charge in [0, 0.05) is 24.1 Å². The molecule has 0 aliphatic rings. The summed E-state index contributed by atoms with van der Waals surface area (Å²) in [5, 5.41) is 3.40. The minimum atomic E-state index is -0.186. The van der Waals surface area contributed by atoms with Crippen molar-refractivity contribution in [2.75, 3.05) is 5.32 Å². The van der Waals surface area contributed by atoms with E-state index in [1.165, 1.54) is 0 Å². The van der Waals surface area contributed by atoms with Gasteiger partial charge in [0.25, 0.3) is 0 Å². The highest BCUT2D eigenvalue weighted by molar-refractivity contribution is 5.78. The molecule has 0 fully saturated rings. The molecule has 0 aliphatic carbocycles. The lowest BCUT2D eigenvalue weighted by atomic mass is 10.1. The van der Waals surface area contributed by atoms with Crippen molar-refractivity contribution in [3.63, 3.8) is 0 Å². The smallest absolute Gasteiger partial charge is 0.323 e.